The van der Waals surface area contributed by atoms with Crippen LogP contribution in [0, 0.1) is 5.82 Å². The molecule has 2 atom stereocenters. The van der Waals surface area contributed by atoms with Gasteiger partial charge in [-0.3, -0.25) is 10.1 Å². The Kier molecular flexibility index (Phi) is 6.50. The summed E-state index contributed by atoms with van der Waals surface area (Å²) in [7, 11) is 0. The summed E-state index contributed by atoms with van der Waals surface area (Å²) in [6, 6.07) is 6.06. The van der Waals surface area contributed by atoms with Gasteiger partial charge < -0.3 is 5.32 Å². The molecule has 0 aliphatic rings. The van der Waals surface area contributed by atoms with Crippen molar-refractivity contribution in [3.05, 3.63) is 35.6 Å². The largest absolute Gasteiger partial charge is 0.355 e. The predicted octanol–water partition coefficient (Wildman–Crippen LogP) is 2.78. The minimum absolute atomic E-state index is 0.0169. The molecule has 0 fully saturated rings. The van der Waals surface area contributed by atoms with Crippen molar-refractivity contribution in [1.29, 1.82) is 0 Å². The maximum absolute atomic E-state index is 13.1. The average Bonchev–Trinajstić information content (AvgIpc) is 2.38. The quantitative estimate of drug-likeness (QED) is 0.745. The monoisotopic (exact) mass is 266 g/mol. The number of rotatable bonds is 7. The van der Waals surface area contributed by atoms with Crippen molar-refractivity contribution in [3.8, 4) is 0 Å². The second-order valence-corrected chi connectivity index (χ2v) is 4.81. The van der Waals surface area contributed by atoms with Crippen molar-refractivity contribution < 1.29 is 9.18 Å². The minimum atomic E-state index is -0.296. The smallest absolute Gasteiger partial charge is 0.236 e. The van der Waals surface area contributed by atoms with Gasteiger partial charge in [-0.2, -0.15) is 0 Å². The first-order valence-electron chi connectivity index (χ1n) is 6.83. The summed E-state index contributed by atoms with van der Waals surface area (Å²) in [5, 5.41) is 6.05. The highest BCUT2D eigenvalue weighted by atomic mass is 19.1. The zero-order valence-electron chi connectivity index (χ0n) is 11.9. The van der Waals surface area contributed by atoms with Gasteiger partial charge in [-0.1, -0.05) is 25.5 Å². The number of amides is 1. The molecule has 0 aliphatic heterocycles. The highest BCUT2D eigenvalue weighted by Gasteiger charge is 2.15. The number of nitrogens with one attached hydrogen (secondary N) is 2. The van der Waals surface area contributed by atoms with Gasteiger partial charge in [0, 0.05) is 12.6 Å². The van der Waals surface area contributed by atoms with E-state index in [0.717, 1.165) is 18.4 Å². The molecule has 0 radical (unpaired) electrons. The molecule has 0 aromatic heterocycles. The fourth-order valence-electron chi connectivity index (χ4n) is 1.86. The van der Waals surface area contributed by atoms with Crippen LogP contribution in [0.5, 0.6) is 0 Å². The first-order valence-corrected chi connectivity index (χ1v) is 6.83. The number of benzene rings is 1. The molecule has 1 aromatic rings. The van der Waals surface area contributed by atoms with Crippen molar-refractivity contribution >= 4 is 5.91 Å². The molecule has 0 bridgehead atoms. The molecule has 0 heterocycles. The second-order valence-electron chi connectivity index (χ2n) is 4.81. The first kappa shape index (κ1) is 15.6. The second kappa shape index (κ2) is 7.89. The Morgan fingerprint density at radius 1 is 1.37 bits per heavy atom. The van der Waals surface area contributed by atoms with E-state index in [0.29, 0.717) is 6.54 Å². The van der Waals surface area contributed by atoms with Crippen LogP contribution in [0.15, 0.2) is 24.3 Å². The number of carbonyl (C=O) groups is 1. The summed E-state index contributed by atoms with van der Waals surface area (Å²) < 4.78 is 13.1. The van der Waals surface area contributed by atoms with Crippen molar-refractivity contribution in [2.45, 2.75) is 45.7 Å². The Morgan fingerprint density at radius 2 is 2.11 bits per heavy atom. The Bertz CT molecular complexity index is 409. The van der Waals surface area contributed by atoms with Crippen LogP contribution in [-0.4, -0.2) is 18.5 Å². The number of carbonyl (C=O) groups excluding carboxylic acids is 1. The van der Waals surface area contributed by atoms with Crippen LogP contribution in [-0.2, 0) is 4.79 Å². The van der Waals surface area contributed by atoms with Gasteiger partial charge in [0.15, 0.2) is 0 Å². The van der Waals surface area contributed by atoms with Gasteiger partial charge in [0.25, 0.3) is 0 Å². The number of halogens is 1. The molecular weight excluding hydrogens is 243 g/mol. The third-order valence-electron chi connectivity index (χ3n) is 3.07. The number of hydrogen-bond acceptors (Lipinski definition) is 2. The fraction of sp³-hybridized carbons (Fsp3) is 0.533. The van der Waals surface area contributed by atoms with Gasteiger partial charge >= 0.3 is 0 Å². The molecular formula is C15H23FN2O. The lowest BCUT2D eigenvalue weighted by atomic mass is 10.1. The summed E-state index contributed by atoms with van der Waals surface area (Å²) >= 11 is 0. The predicted molar refractivity (Wildman–Crippen MR) is 75.3 cm³/mol. The normalized spacial score (nSPS) is 13.9. The molecule has 0 aliphatic carbocycles. The van der Waals surface area contributed by atoms with Crippen molar-refractivity contribution in [3.63, 3.8) is 0 Å². The van der Waals surface area contributed by atoms with Crippen LogP contribution >= 0.6 is 0 Å². The van der Waals surface area contributed by atoms with Crippen molar-refractivity contribution in [1.82, 2.24) is 10.6 Å². The van der Waals surface area contributed by atoms with Crippen LogP contribution in [0.1, 0.15) is 45.2 Å². The third-order valence-corrected chi connectivity index (χ3v) is 3.07. The topological polar surface area (TPSA) is 41.1 Å². The van der Waals surface area contributed by atoms with Gasteiger partial charge in [0.05, 0.1) is 6.04 Å². The van der Waals surface area contributed by atoms with Gasteiger partial charge in [-0.15, -0.1) is 0 Å². The van der Waals surface area contributed by atoms with E-state index >= 15 is 0 Å². The molecule has 0 saturated heterocycles. The van der Waals surface area contributed by atoms with Crippen LogP contribution in [0.2, 0.25) is 0 Å². The van der Waals surface area contributed by atoms with E-state index in [-0.39, 0.29) is 23.8 Å². The molecule has 19 heavy (non-hydrogen) atoms. The summed E-state index contributed by atoms with van der Waals surface area (Å²) in [5.41, 5.74) is 0.841. The highest BCUT2D eigenvalue weighted by Crippen LogP contribution is 2.14. The Balaban J connectivity index is 2.47. The zero-order chi connectivity index (χ0) is 14.3. The molecule has 1 amide bonds. The lowest BCUT2D eigenvalue weighted by Gasteiger charge is -2.20. The zero-order valence-corrected chi connectivity index (χ0v) is 11.9. The molecule has 2 N–H and O–H groups in total. The fourth-order valence-corrected chi connectivity index (χ4v) is 1.86. The standard InChI is InChI=1S/C15H23FN2O/c1-4-5-9-17-15(19)12(3)18-11(2)13-7-6-8-14(16)10-13/h6-8,10-12,18H,4-5,9H2,1-3H3,(H,17,19)/t11-,12?/m1/s1. The summed E-state index contributed by atoms with van der Waals surface area (Å²) in [6.07, 6.45) is 2.04. The molecule has 1 aromatic carbocycles. The molecule has 4 heteroatoms. The lowest BCUT2D eigenvalue weighted by Crippen LogP contribution is -2.43. The molecule has 3 nitrogen and oxygen atoms in total. The summed E-state index contributed by atoms with van der Waals surface area (Å²) in [6.45, 7) is 6.53. The third kappa shape index (κ3) is 5.39. The maximum atomic E-state index is 13.1. The molecule has 0 spiro atoms. The maximum Gasteiger partial charge on any atom is 0.236 e. The number of hydrogen-bond donors (Lipinski definition) is 2. The van der Waals surface area contributed by atoms with E-state index in [1.54, 1.807) is 6.07 Å². The van der Waals surface area contributed by atoms with Crippen LogP contribution < -0.4 is 10.6 Å². The molecule has 1 unspecified atom stereocenters. The Hall–Kier alpha value is -1.42. The van der Waals surface area contributed by atoms with Gasteiger partial charge in [-0.05, 0) is 38.0 Å². The van der Waals surface area contributed by atoms with Gasteiger partial charge in [0.1, 0.15) is 5.82 Å². The summed E-state index contributed by atoms with van der Waals surface area (Å²) in [4.78, 5) is 11.8. The van der Waals surface area contributed by atoms with E-state index in [1.807, 2.05) is 19.9 Å². The Morgan fingerprint density at radius 3 is 2.74 bits per heavy atom. The van der Waals surface area contributed by atoms with E-state index in [9.17, 15) is 9.18 Å². The molecule has 1 rings (SSSR count). The summed E-state index contributed by atoms with van der Waals surface area (Å²) in [5.74, 6) is -0.275. The van der Waals surface area contributed by atoms with E-state index < -0.39 is 0 Å². The van der Waals surface area contributed by atoms with Crippen molar-refractivity contribution in [2.24, 2.45) is 0 Å². The minimum Gasteiger partial charge on any atom is -0.355 e. The van der Waals surface area contributed by atoms with Crippen LogP contribution in [0.4, 0.5) is 4.39 Å². The lowest BCUT2D eigenvalue weighted by molar-refractivity contribution is -0.122. The molecule has 106 valence electrons. The number of unbranched alkanes of at least 4 members (excludes halogenated alkanes) is 1. The van der Waals surface area contributed by atoms with Gasteiger partial charge in [0.2, 0.25) is 5.91 Å². The van der Waals surface area contributed by atoms with Crippen LogP contribution in [0.25, 0.3) is 0 Å². The molecule has 0 saturated carbocycles. The van der Waals surface area contributed by atoms with E-state index in [4.69, 9.17) is 0 Å². The highest BCUT2D eigenvalue weighted by molar-refractivity contribution is 5.81. The van der Waals surface area contributed by atoms with Crippen molar-refractivity contribution in [2.75, 3.05) is 6.54 Å². The average molecular weight is 266 g/mol. The van der Waals surface area contributed by atoms with Gasteiger partial charge in [-0.25, -0.2) is 4.39 Å². The SMILES string of the molecule is CCCCNC(=O)C(C)N[C@H](C)c1cccc(F)c1. The van der Waals surface area contributed by atoms with E-state index in [2.05, 4.69) is 17.6 Å². The van der Waals surface area contributed by atoms with E-state index in [1.165, 1.54) is 12.1 Å². The van der Waals surface area contributed by atoms with Crippen LogP contribution in [0.3, 0.4) is 0 Å². The Labute approximate surface area is 114 Å². The first-order chi connectivity index (χ1) is 9.04.